The molecule has 0 bridgehead atoms. The fourth-order valence-electron chi connectivity index (χ4n) is 2.91. The minimum atomic E-state index is -2.93. The Morgan fingerprint density at radius 3 is 2.54 bits per heavy atom. The van der Waals surface area contributed by atoms with Gasteiger partial charge in [0.05, 0.1) is 24.6 Å². The lowest BCUT2D eigenvalue weighted by molar-refractivity contribution is -0.122. The highest BCUT2D eigenvalue weighted by Crippen LogP contribution is 2.16. The molecule has 134 valence electrons. The molecule has 0 unspecified atom stereocenters. The molecular weight excluding hydrogens is 328 g/mol. The molecule has 1 atom stereocenters. The summed E-state index contributed by atoms with van der Waals surface area (Å²) >= 11 is 0. The Balaban J connectivity index is 1.68. The average molecular weight is 354 g/mol. The first-order chi connectivity index (χ1) is 11.2. The lowest BCUT2D eigenvalue weighted by atomic mass is 10.1. The maximum absolute atomic E-state index is 11.9. The molecule has 0 aromatic heterocycles. The van der Waals surface area contributed by atoms with Crippen molar-refractivity contribution in [3.05, 3.63) is 29.3 Å². The molecule has 24 heavy (non-hydrogen) atoms. The zero-order valence-corrected chi connectivity index (χ0v) is 15.4. The molecule has 7 heteroatoms. The third-order valence-corrected chi connectivity index (χ3v) is 5.86. The van der Waals surface area contributed by atoms with Crippen LogP contribution in [0.4, 0.5) is 0 Å². The maximum Gasteiger partial charge on any atom is 0.234 e. The van der Waals surface area contributed by atoms with Crippen molar-refractivity contribution in [2.24, 2.45) is 0 Å². The molecule has 1 N–H and O–H groups in total. The number of nitrogens with zero attached hydrogens (tertiary/aromatic N) is 1. The van der Waals surface area contributed by atoms with Crippen LogP contribution in [0.5, 0.6) is 5.75 Å². The van der Waals surface area contributed by atoms with Gasteiger partial charge in [-0.05, 0) is 50.6 Å². The highest BCUT2D eigenvalue weighted by molar-refractivity contribution is 7.91. The van der Waals surface area contributed by atoms with Gasteiger partial charge in [0.15, 0.2) is 9.84 Å². The van der Waals surface area contributed by atoms with Crippen molar-refractivity contribution in [1.82, 2.24) is 10.2 Å². The van der Waals surface area contributed by atoms with Crippen LogP contribution in [-0.2, 0) is 14.6 Å². The van der Waals surface area contributed by atoms with Gasteiger partial charge < -0.3 is 10.1 Å². The summed E-state index contributed by atoms with van der Waals surface area (Å²) in [6.45, 7) is 5.05. The van der Waals surface area contributed by atoms with E-state index >= 15 is 0 Å². The number of ether oxygens (including phenoxy) is 1. The van der Waals surface area contributed by atoms with E-state index in [1.54, 1.807) is 7.05 Å². The molecule has 1 aliphatic rings. The van der Waals surface area contributed by atoms with Crippen LogP contribution in [0.25, 0.3) is 0 Å². The fourth-order valence-corrected chi connectivity index (χ4v) is 4.72. The summed E-state index contributed by atoms with van der Waals surface area (Å²) in [4.78, 5) is 13.7. The van der Waals surface area contributed by atoms with E-state index in [4.69, 9.17) is 4.74 Å². The number of aryl methyl sites for hydroxylation is 2. The molecule has 1 aromatic carbocycles. The number of amides is 1. The van der Waals surface area contributed by atoms with Crippen LogP contribution in [0.3, 0.4) is 0 Å². The Morgan fingerprint density at radius 1 is 1.29 bits per heavy atom. The number of hydrogen-bond acceptors (Lipinski definition) is 5. The van der Waals surface area contributed by atoms with E-state index in [9.17, 15) is 13.2 Å². The number of sulfone groups is 1. The number of likely N-dealkylation sites (N-methyl/N-ethyl adjacent to an activating group) is 1. The van der Waals surface area contributed by atoms with Crippen molar-refractivity contribution < 1.29 is 17.9 Å². The Bertz CT molecular complexity index is 668. The van der Waals surface area contributed by atoms with Gasteiger partial charge in [-0.15, -0.1) is 0 Å². The number of nitrogens with one attached hydrogen (secondary N) is 1. The molecule has 1 fully saturated rings. The van der Waals surface area contributed by atoms with Crippen molar-refractivity contribution in [1.29, 1.82) is 0 Å². The van der Waals surface area contributed by atoms with Crippen molar-refractivity contribution in [3.63, 3.8) is 0 Å². The van der Waals surface area contributed by atoms with Gasteiger partial charge in [-0.1, -0.05) is 6.07 Å². The molecule has 0 aliphatic carbocycles. The Morgan fingerprint density at radius 2 is 1.96 bits per heavy atom. The highest BCUT2D eigenvalue weighted by Gasteiger charge is 2.31. The quantitative estimate of drug-likeness (QED) is 0.737. The van der Waals surface area contributed by atoms with Gasteiger partial charge in [0.25, 0.3) is 0 Å². The number of hydrogen-bond donors (Lipinski definition) is 1. The third-order valence-electron chi connectivity index (χ3n) is 4.11. The van der Waals surface area contributed by atoms with E-state index in [2.05, 4.69) is 11.4 Å². The second kappa shape index (κ2) is 7.98. The fraction of sp³-hybridized carbons (Fsp3) is 0.588. The summed E-state index contributed by atoms with van der Waals surface area (Å²) in [5.74, 6) is 1.04. The van der Waals surface area contributed by atoms with Crippen LogP contribution in [0.2, 0.25) is 0 Å². The SMILES string of the molecule is Cc1cc(C)cc(OCCNC(=O)CN(C)[C@@H]2CCS(=O)(=O)C2)c1. The van der Waals surface area contributed by atoms with Crippen LogP contribution >= 0.6 is 0 Å². The van der Waals surface area contributed by atoms with Gasteiger partial charge in [0.2, 0.25) is 5.91 Å². The van der Waals surface area contributed by atoms with E-state index in [1.807, 2.05) is 30.9 Å². The van der Waals surface area contributed by atoms with Crippen molar-refractivity contribution in [2.75, 3.05) is 38.2 Å². The summed E-state index contributed by atoms with van der Waals surface area (Å²) in [5, 5.41) is 2.80. The smallest absolute Gasteiger partial charge is 0.234 e. The molecule has 0 saturated carbocycles. The molecule has 1 aliphatic heterocycles. The minimum Gasteiger partial charge on any atom is -0.492 e. The predicted molar refractivity (Wildman–Crippen MR) is 94.1 cm³/mol. The second-order valence-corrected chi connectivity index (χ2v) is 8.72. The molecule has 1 saturated heterocycles. The Labute approximate surface area is 144 Å². The first-order valence-electron chi connectivity index (χ1n) is 8.13. The van der Waals surface area contributed by atoms with E-state index < -0.39 is 9.84 Å². The zero-order valence-electron chi connectivity index (χ0n) is 14.5. The van der Waals surface area contributed by atoms with Crippen LogP contribution in [0.1, 0.15) is 17.5 Å². The normalized spacial score (nSPS) is 19.4. The van der Waals surface area contributed by atoms with E-state index in [0.29, 0.717) is 19.6 Å². The van der Waals surface area contributed by atoms with Gasteiger partial charge in [-0.25, -0.2) is 8.42 Å². The molecule has 1 aromatic rings. The number of carbonyl (C=O) groups is 1. The number of carbonyl (C=O) groups excluding carboxylic acids is 1. The van der Waals surface area contributed by atoms with Gasteiger partial charge in [-0.2, -0.15) is 0 Å². The molecular formula is C17H26N2O4S. The molecule has 1 heterocycles. The van der Waals surface area contributed by atoms with Gasteiger partial charge in [0, 0.05) is 6.04 Å². The maximum atomic E-state index is 11.9. The summed E-state index contributed by atoms with van der Waals surface area (Å²) in [6.07, 6.45) is 0.599. The summed E-state index contributed by atoms with van der Waals surface area (Å²) in [5.41, 5.74) is 2.28. The lowest BCUT2D eigenvalue weighted by Crippen LogP contribution is -2.42. The largest absolute Gasteiger partial charge is 0.492 e. The second-order valence-electron chi connectivity index (χ2n) is 6.49. The molecule has 2 rings (SSSR count). The number of benzene rings is 1. The number of rotatable bonds is 7. The first kappa shape index (κ1) is 18.7. The van der Waals surface area contributed by atoms with E-state index in [1.165, 1.54) is 0 Å². The molecule has 0 spiro atoms. The average Bonchev–Trinajstić information content (AvgIpc) is 2.83. The minimum absolute atomic E-state index is 0.0627. The summed E-state index contributed by atoms with van der Waals surface area (Å²) in [7, 11) is -1.14. The standard InChI is InChI=1S/C17H26N2O4S/c1-13-8-14(2)10-16(9-13)23-6-5-18-17(20)11-19(3)15-4-7-24(21,22)12-15/h8-10,15H,4-7,11-12H2,1-3H3,(H,18,20)/t15-/m1/s1. The van der Waals surface area contributed by atoms with Gasteiger partial charge in [-0.3, -0.25) is 9.69 Å². The summed E-state index contributed by atoms with van der Waals surface area (Å²) in [6, 6.07) is 5.94. The van der Waals surface area contributed by atoms with Crippen molar-refractivity contribution >= 4 is 15.7 Å². The molecule has 0 radical (unpaired) electrons. The van der Waals surface area contributed by atoms with Gasteiger partial charge in [0.1, 0.15) is 12.4 Å². The van der Waals surface area contributed by atoms with Gasteiger partial charge >= 0.3 is 0 Å². The predicted octanol–water partition coefficient (Wildman–Crippen LogP) is 0.917. The van der Waals surface area contributed by atoms with Crippen LogP contribution in [-0.4, -0.2) is 63.5 Å². The molecule has 6 nitrogen and oxygen atoms in total. The lowest BCUT2D eigenvalue weighted by Gasteiger charge is -2.22. The van der Waals surface area contributed by atoms with E-state index in [-0.39, 0.29) is 30.0 Å². The Kier molecular flexibility index (Phi) is 6.23. The Hall–Kier alpha value is -1.60. The summed E-state index contributed by atoms with van der Waals surface area (Å²) < 4.78 is 28.6. The monoisotopic (exact) mass is 354 g/mol. The van der Waals surface area contributed by atoms with Crippen molar-refractivity contribution in [2.45, 2.75) is 26.3 Å². The first-order valence-corrected chi connectivity index (χ1v) is 9.96. The highest BCUT2D eigenvalue weighted by atomic mass is 32.2. The van der Waals surface area contributed by atoms with E-state index in [0.717, 1.165) is 16.9 Å². The van der Waals surface area contributed by atoms with Crippen LogP contribution in [0, 0.1) is 13.8 Å². The zero-order chi connectivity index (χ0) is 17.7. The topological polar surface area (TPSA) is 75.7 Å². The van der Waals surface area contributed by atoms with Crippen LogP contribution in [0.15, 0.2) is 18.2 Å². The third kappa shape index (κ3) is 5.79. The van der Waals surface area contributed by atoms with Crippen molar-refractivity contribution in [3.8, 4) is 5.75 Å². The molecule has 1 amide bonds. The van der Waals surface area contributed by atoms with Crippen LogP contribution < -0.4 is 10.1 Å².